The highest BCUT2D eigenvalue weighted by atomic mass is 16.3. The number of anilines is 1. The quantitative estimate of drug-likeness (QED) is 0.912. The number of aromatic hydroxyl groups is 1. The van der Waals surface area contributed by atoms with Crippen LogP contribution in [0.5, 0.6) is 5.75 Å². The van der Waals surface area contributed by atoms with Crippen molar-refractivity contribution in [1.29, 1.82) is 0 Å². The number of likely N-dealkylation sites (N-methyl/N-ethyl adjacent to an activating group) is 2. The smallest absolute Gasteiger partial charge is 0.151 e. The van der Waals surface area contributed by atoms with Gasteiger partial charge in [-0.15, -0.1) is 10.2 Å². The van der Waals surface area contributed by atoms with E-state index in [1.807, 2.05) is 19.1 Å². The van der Waals surface area contributed by atoms with Gasteiger partial charge in [-0.05, 0) is 81.4 Å². The SMILES string of the molecule is Cc1cc(N(C)[C@@H]2CCCN(C)C2)nnc1-c1ccc(C2CC2)cc1O. The van der Waals surface area contributed by atoms with Gasteiger partial charge in [0.15, 0.2) is 5.82 Å². The van der Waals surface area contributed by atoms with Crippen molar-refractivity contribution in [2.24, 2.45) is 0 Å². The van der Waals surface area contributed by atoms with Crippen LogP contribution in [0.1, 0.15) is 42.7 Å². The number of rotatable bonds is 4. The van der Waals surface area contributed by atoms with Crippen LogP contribution in [0.25, 0.3) is 11.3 Å². The van der Waals surface area contributed by atoms with Gasteiger partial charge in [0.2, 0.25) is 0 Å². The zero-order valence-corrected chi connectivity index (χ0v) is 15.9. The summed E-state index contributed by atoms with van der Waals surface area (Å²) in [4.78, 5) is 4.62. The number of benzene rings is 1. The van der Waals surface area contributed by atoms with Crippen molar-refractivity contribution in [3.63, 3.8) is 0 Å². The maximum absolute atomic E-state index is 10.5. The molecule has 0 spiro atoms. The van der Waals surface area contributed by atoms with Crippen molar-refractivity contribution in [2.45, 2.75) is 44.6 Å². The summed E-state index contributed by atoms with van der Waals surface area (Å²) in [7, 11) is 4.28. The minimum atomic E-state index is 0.307. The summed E-state index contributed by atoms with van der Waals surface area (Å²) < 4.78 is 0. The van der Waals surface area contributed by atoms with Gasteiger partial charge < -0.3 is 14.9 Å². The number of phenolic OH excluding ortho intramolecular Hbond substituents is 1. The predicted octanol–water partition coefficient (Wildman–Crippen LogP) is 3.57. The molecule has 1 aromatic heterocycles. The average molecular weight is 352 g/mol. The summed E-state index contributed by atoms with van der Waals surface area (Å²) in [6.45, 7) is 4.27. The van der Waals surface area contributed by atoms with Crippen LogP contribution in [-0.4, -0.2) is 53.4 Å². The molecule has 2 aromatic rings. The molecule has 1 N–H and O–H groups in total. The van der Waals surface area contributed by atoms with E-state index in [4.69, 9.17) is 0 Å². The summed E-state index contributed by atoms with van der Waals surface area (Å²) in [5.74, 6) is 1.84. The Hall–Kier alpha value is -2.14. The van der Waals surface area contributed by atoms with Crippen LogP contribution in [0, 0.1) is 6.92 Å². The minimum Gasteiger partial charge on any atom is -0.507 e. The van der Waals surface area contributed by atoms with Gasteiger partial charge in [-0.1, -0.05) is 6.07 Å². The Labute approximate surface area is 155 Å². The zero-order chi connectivity index (χ0) is 18.3. The van der Waals surface area contributed by atoms with E-state index in [1.54, 1.807) is 0 Å². The molecule has 1 aliphatic carbocycles. The fourth-order valence-electron chi connectivity index (χ4n) is 3.97. The van der Waals surface area contributed by atoms with E-state index < -0.39 is 0 Å². The van der Waals surface area contributed by atoms with Crippen LogP contribution in [0.15, 0.2) is 24.3 Å². The lowest BCUT2D eigenvalue weighted by molar-refractivity contribution is 0.247. The van der Waals surface area contributed by atoms with Crippen LogP contribution >= 0.6 is 0 Å². The molecule has 4 rings (SSSR count). The first-order chi connectivity index (χ1) is 12.5. The lowest BCUT2D eigenvalue weighted by Crippen LogP contribution is -2.45. The molecular weight excluding hydrogens is 324 g/mol. The normalized spacial score (nSPS) is 21.0. The highest BCUT2D eigenvalue weighted by Crippen LogP contribution is 2.43. The number of piperidine rings is 1. The van der Waals surface area contributed by atoms with Crippen molar-refractivity contribution in [1.82, 2.24) is 15.1 Å². The molecule has 2 aliphatic rings. The van der Waals surface area contributed by atoms with E-state index in [9.17, 15) is 5.11 Å². The van der Waals surface area contributed by atoms with Crippen molar-refractivity contribution in [3.8, 4) is 17.0 Å². The van der Waals surface area contributed by atoms with Gasteiger partial charge in [0.25, 0.3) is 0 Å². The Kier molecular flexibility index (Phi) is 4.57. The van der Waals surface area contributed by atoms with Crippen LogP contribution < -0.4 is 4.90 Å². The summed E-state index contributed by atoms with van der Waals surface area (Å²) in [6.07, 6.45) is 4.87. The van der Waals surface area contributed by atoms with Gasteiger partial charge in [-0.2, -0.15) is 0 Å². The number of hydrogen-bond donors (Lipinski definition) is 1. The van der Waals surface area contributed by atoms with Crippen LogP contribution in [0.3, 0.4) is 0 Å². The third-order valence-electron chi connectivity index (χ3n) is 5.81. The Bertz CT molecular complexity index is 803. The molecule has 0 amide bonds. The highest BCUT2D eigenvalue weighted by Gasteiger charge is 2.25. The Balaban J connectivity index is 1.57. The van der Waals surface area contributed by atoms with E-state index in [2.05, 4.69) is 46.2 Å². The fourth-order valence-corrected chi connectivity index (χ4v) is 3.97. The maximum Gasteiger partial charge on any atom is 0.151 e. The van der Waals surface area contributed by atoms with Gasteiger partial charge >= 0.3 is 0 Å². The standard InChI is InChI=1S/C21H28N4O/c1-14-11-20(25(3)17-5-4-10-24(2)13-17)22-23-21(14)18-9-8-16(12-19(18)26)15-6-7-15/h8-9,11-12,15,17,26H,4-7,10,13H2,1-3H3/t17-/m1/s1. The second-order valence-electron chi connectivity index (χ2n) is 7.95. The second-order valence-corrected chi connectivity index (χ2v) is 7.95. The number of likely N-dealkylation sites (tertiary alicyclic amines) is 1. The Morgan fingerprint density at radius 1 is 1.15 bits per heavy atom. The van der Waals surface area contributed by atoms with E-state index in [0.717, 1.165) is 29.2 Å². The van der Waals surface area contributed by atoms with Gasteiger partial charge in [0.05, 0.1) is 5.69 Å². The molecular formula is C21H28N4O. The van der Waals surface area contributed by atoms with Gasteiger partial charge in [0, 0.05) is 25.2 Å². The first kappa shape index (κ1) is 17.3. The number of nitrogens with zero attached hydrogens (tertiary/aromatic N) is 4. The monoisotopic (exact) mass is 352 g/mol. The number of phenols is 1. The van der Waals surface area contributed by atoms with Crippen LogP contribution in [0.4, 0.5) is 5.82 Å². The van der Waals surface area contributed by atoms with Crippen molar-refractivity contribution in [3.05, 3.63) is 35.4 Å². The van der Waals surface area contributed by atoms with Gasteiger partial charge in [-0.3, -0.25) is 0 Å². The van der Waals surface area contributed by atoms with E-state index >= 15 is 0 Å². The molecule has 5 heteroatoms. The molecule has 0 radical (unpaired) electrons. The Morgan fingerprint density at radius 2 is 1.96 bits per heavy atom. The topological polar surface area (TPSA) is 52.5 Å². The number of aryl methyl sites for hydroxylation is 1. The fraction of sp³-hybridized carbons (Fsp3) is 0.524. The van der Waals surface area contributed by atoms with E-state index in [1.165, 1.54) is 37.8 Å². The summed E-state index contributed by atoms with van der Waals surface area (Å²) in [5, 5.41) is 19.4. The first-order valence-electron chi connectivity index (χ1n) is 9.62. The molecule has 1 aromatic carbocycles. The number of aromatic nitrogens is 2. The third-order valence-corrected chi connectivity index (χ3v) is 5.81. The Morgan fingerprint density at radius 3 is 2.62 bits per heavy atom. The van der Waals surface area contributed by atoms with Crippen LogP contribution in [-0.2, 0) is 0 Å². The minimum absolute atomic E-state index is 0.307. The van der Waals surface area contributed by atoms with Gasteiger partial charge in [0.1, 0.15) is 5.75 Å². The molecule has 2 heterocycles. The maximum atomic E-state index is 10.5. The summed E-state index contributed by atoms with van der Waals surface area (Å²) >= 11 is 0. The molecule has 138 valence electrons. The van der Waals surface area contributed by atoms with Crippen molar-refractivity contribution in [2.75, 3.05) is 32.1 Å². The molecule has 2 fully saturated rings. The molecule has 26 heavy (non-hydrogen) atoms. The second kappa shape index (κ2) is 6.88. The predicted molar refractivity (Wildman–Crippen MR) is 105 cm³/mol. The molecule has 1 saturated carbocycles. The number of hydrogen-bond acceptors (Lipinski definition) is 5. The largest absolute Gasteiger partial charge is 0.507 e. The molecule has 1 atom stereocenters. The van der Waals surface area contributed by atoms with Gasteiger partial charge in [-0.25, -0.2) is 0 Å². The van der Waals surface area contributed by atoms with E-state index in [-0.39, 0.29) is 0 Å². The summed E-state index contributed by atoms with van der Waals surface area (Å²) in [5.41, 5.74) is 3.81. The summed E-state index contributed by atoms with van der Waals surface area (Å²) in [6, 6.07) is 8.56. The van der Waals surface area contributed by atoms with E-state index in [0.29, 0.717) is 17.7 Å². The first-order valence-corrected chi connectivity index (χ1v) is 9.62. The average Bonchev–Trinajstić information content (AvgIpc) is 3.46. The lowest BCUT2D eigenvalue weighted by Gasteiger charge is -2.36. The molecule has 1 aliphatic heterocycles. The highest BCUT2D eigenvalue weighted by molar-refractivity contribution is 5.70. The molecule has 0 bridgehead atoms. The van der Waals surface area contributed by atoms with Crippen molar-refractivity contribution < 1.29 is 5.11 Å². The van der Waals surface area contributed by atoms with Crippen LogP contribution in [0.2, 0.25) is 0 Å². The molecule has 0 unspecified atom stereocenters. The molecule has 1 saturated heterocycles. The van der Waals surface area contributed by atoms with Crippen molar-refractivity contribution >= 4 is 5.82 Å². The lowest BCUT2D eigenvalue weighted by atomic mass is 10.0. The molecule has 5 nitrogen and oxygen atoms in total. The third kappa shape index (κ3) is 3.40. The zero-order valence-electron chi connectivity index (χ0n) is 15.9.